The summed E-state index contributed by atoms with van der Waals surface area (Å²) >= 11 is 0.457. The molecular formula is H2O5PZr. The maximum absolute atomic E-state index is 9.59. The second-order valence-electron chi connectivity index (χ2n) is 0.648. The van der Waals surface area contributed by atoms with Gasteiger partial charge in [-0.05, 0) is 0 Å². The van der Waals surface area contributed by atoms with Crippen LogP contribution in [0.2, 0.25) is 0 Å². The first-order chi connectivity index (χ1) is 3.06. The van der Waals surface area contributed by atoms with E-state index in [0.717, 1.165) is 0 Å². The van der Waals surface area contributed by atoms with E-state index in [2.05, 4.69) is 7.64 Å². The summed E-state index contributed by atoms with van der Waals surface area (Å²) in [6.45, 7) is 0. The Balaban J connectivity index is 3.36. The van der Waals surface area contributed by atoms with Gasteiger partial charge >= 0.3 is 55.0 Å². The Morgan fingerprint density at radius 2 is 2.00 bits per heavy atom. The molecule has 0 fully saturated rings. The van der Waals surface area contributed by atoms with E-state index in [9.17, 15) is 4.57 Å². The summed E-state index contributed by atoms with van der Waals surface area (Å²) in [6.07, 6.45) is 0. The summed E-state index contributed by atoms with van der Waals surface area (Å²) in [7, 11) is -4.37. The van der Waals surface area contributed by atoms with Gasteiger partial charge in [0.25, 0.3) is 0 Å². The molecule has 0 amide bonds. The molecule has 2 N–H and O–H groups in total. The molecule has 0 aliphatic heterocycles. The summed E-state index contributed by atoms with van der Waals surface area (Å²) < 4.78 is 16.8. The topological polar surface area (TPSA) is 76.0 Å². The van der Waals surface area contributed by atoms with E-state index < -0.39 is 7.82 Å². The van der Waals surface area contributed by atoms with Crippen molar-refractivity contribution in [2.24, 2.45) is 0 Å². The van der Waals surface area contributed by atoms with Gasteiger partial charge < -0.3 is 0 Å². The van der Waals surface area contributed by atoms with Crippen molar-refractivity contribution in [3.63, 3.8) is 0 Å². The molecular weight excluding hydrogens is 202 g/mol. The van der Waals surface area contributed by atoms with Crippen molar-refractivity contribution in [3.05, 3.63) is 0 Å². The average molecular weight is 204 g/mol. The van der Waals surface area contributed by atoms with Gasteiger partial charge in [-0.2, -0.15) is 0 Å². The molecule has 0 aromatic rings. The standard InChI is InChI=1S/H3O5P.Zr/c1-5-6(2,3)4;/h1H,(H2,2,3,4);/q;+1/p-1. The Kier molecular flexibility index (Phi) is 3.49. The third kappa shape index (κ3) is 6.95. The van der Waals surface area contributed by atoms with Crippen LogP contribution in [0, 0.1) is 0 Å². The molecule has 0 rings (SSSR count). The monoisotopic (exact) mass is 203 g/mol. The van der Waals surface area contributed by atoms with Crippen molar-refractivity contribution in [1.82, 2.24) is 0 Å². The molecule has 7 heteroatoms. The van der Waals surface area contributed by atoms with Crippen LogP contribution in [0.3, 0.4) is 0 Å². The van der Waals surface area contributed by atoms with Crippen LogP contribution in [0.4, 0.5) is 0 Å². The number of phosphoric acid groups is 1. The Bertz CT molecular complexity index is 82.1. The molecule has 7 heavy (non-hydrogen) atoms. The van der Waals surface area contributed by atoms with Crippen LogP contribution < -0.4 is 0 Å². The SMILES string of the molecule is O=P(O)(O)O[O][Zr]. The summed E-state index contributed by atoms with van der Waals surface area (Å²) in [5, 5.41) is 0. The molecule has 0 aromatic heterocycles. The van der Waals surface area contributed by atoms with Crippen molar-refractivity contribution in [2.45, 2.75) is 0 Å². The molecule has 0 heterocycles. The molecule has 0 spiro atoms. The number of hydrogen-bond donors (Lipinski definition) is 2. The average Bonchev–Trinajstić information content (AvgIpc) is 1.30. The molecule has 0 bridgehead atoms. The van der Waals surface area contributed by atoms with E-state index in [1.807, 2.05) is 0 Å². The van der Waals surface area contributed by atoms with Gasteiger partial charge in [0.15, 0.2) is 0 Å². The molecule has 0 unspecified atom stereocenters. The Hall–Kier alpha value is 0.953. The van der Waals surface area contributed by atoms with Gasteiger partial charge in [-0.3, -0.25) is 0 Å². The fraction of sp³-hybridized carbons (Fsp3) is 0. The van der Waals surface area contributed by atoms with Crippen LogP contribution in [-0.4, -0.2) is 9.79 Å². The minimum atomic E-state index is -4.37. The summed E-state index contributed by atoms with van der Waals surface area (Å²) in [6, 6.07) is 0. The predicted octanol–water partition coefficient (Wildman–Crippen LogP) is -0.511. The molecule has 0 atom stereocenters. The van der Waals surface area contributed by atoms with Crippen molar-refractivity contribution < 1.29 is 47.1 Å². The van der Waals surface area contributed by atoms with Crippen LogP contribution >= 0.6 is 7.82 Å². The van der Waals surface area contributed by atoms with Crippen molar-refractivity contribution in [3.8, 4) is 0 Å². The van der Waals surface area contributed by atoms with E-state index in [1.165, 1.54) is 0 Å². The van der Waals surface area contributed by atoms with Gasteiger partial charge in [-0.25, -0.2) is 0 Å². The number of hydrogen-bond acceptors (Lipinski definition) is 3. The Morgan fingerprint density at radius 3 is 2.00 bits per heavy atom. The molecule has 0 aliphatic rings. The molecule has 0 aliphatic carbocycles. The first kappa shape index (κ1) is 7.95. The Morgan fingerprint density at radius 1 is 1.57 bits per heavy atom. The van der Waals surface area contributed by atoms with Gasteiger partial charge in [-0.15, -0.1) is 0 Å². The molecule has 0 saturated heterocycles. The van der Waals surface area contributed by atoms with Crippen LogP contribution in [0.1, 0.15) is 0 Å². The van der Waals surface area contributed by atoms with E-state index >= 15 is 0 Å². The third-order valence-electron chi connectivity index (χ3n) is 0.134. The predicted molar refractivity (Wildman–Crippen MR) is 14.2 cm³/mol. The van der Waals surface area contributed by atoms with Crippen LogP contribution in [-0.2, 0) is 37.4 Å². The first-order valence-electron chi connectivity index (χ1n) is 1.14. The Labute approximate surface area is 55.3 Å². The van der Waals surface area contributed by atoms with E-state index in [4.69, 9.17) is 9.79 Å². The van der Waals surface area contributed by atoms with Gasteiger partial charge in [0.1, 0.15) is 0 Å². The van der Waals surface area contributed by atoms with Gasteiger partial charge in [0.2, 0.25) is 0 Å². The van der Waals surface area contributed by atoms with Gasteiger partial charge in [0, 0.05) is 0 Å². The van der Waals surface area contributed by atoms with Crippen molar-refractivity contribution in [1.29, 1.82) is 0 Å². The van der Waals surface area contributed by atoms with E-state index in [1.54, 1.807) is 0 Å². The maximum atomic E-state index is 9.59. The van der Waals surface area contributed by atoms with Crippen LogP contribution in [0.25, 0.3) is 0 Å². The molecule has 0 saturated carbocycles. The zero-order valence-electron chi connectivity index (χ0n) is 3.07. The van der Waals surface area contributed by atoms with E-state index in [0.29, 0.717) is 25.2 Å². The first-order valence-corrected chi connectivity index (χ1v) is 3.67. The van der Waals surface area contributed by atoms with Gasteiger partial charge in [-0.1, -0.05) is 0 Å². The molecule has 0 aromatic carbocycles. The molecule has 5 nitrogen and oxygen atoms in total. The van der Waals surface area contributed by atoms with Crippen molar-refractivity contribution >= 4 is 7.82 Å². The normalized spacial score (nSPS) is 11.6. The summed E-state index contributed by atoms with van der Waals surface area (Å²) in [5.74, 6) is 0. The fourth-order valence-electron chi connectivity index (χ4n) is 0.0485. The number of rotatable bonds is 2. The van der Waals surface area contributed by atoms with Crippen LogP contribution in [0.5, 0.6) is 0 Å². The van der Waals surface area contributed by atoms with Crippen molar-refractivity contribution in [2.75, 3.05) is 0 Å². The van der Waals surface area contributed by atoms with E-state index in [-0.39, 0.29) is 0 Å². The van der Waals surface area contributed by atoms with Gasteiger partial charge in [0.05, 0.1) is 0 Å². The quantitative estimate of drug-likeness (QED) is 0.360. The second-order valence-corrected chi connectivity index (χ2v) is 2.19. The zero-order chi connectivity index (χ0) is 5.91. The zero-order valence-corrected chi connectivity index (χ0v) is 6.42. The van der Waals surface area contributed by atoms with Crippen LogP contribution in [0.15, 0.2) is 0 Å². The minimum absolute atomic E-state index is 0.457. The molecule has 0 radical (unpaired) electrons. The summed E-state index contributed by atoms with van der Waals surface area (Å²) in [5.41, 5.74) is 0. The molecule has 41 valence electrons. The second kappa shape index (κ2) is 3.07. The third-order valence-corrected chi connectivity index (χ3v) is 0.953. The fourth-order valence-corrected chi connectivity index (χ4v) is 0.862. The summed E-state index contributed by atoms with van der Waals surface area (Å²) in [4.78, 5) is 15.6.